The predicted octanol–water partition coefficient (Wildman–Crippen LogP) is 2.37. The first-order chi connectivity index (χ1) is 9.10. The van der Waals surface area contributed by atoms with Crippen LogP contribution in [0.1, 0.15) is 18.4 Å². The van der Waals surface area contributed by atoms with E-state index in [-0.39, 0.29) is 24.4 Å². The zero-order valence-electron chi connectivity index (χ0n) is 11.5. The maximum Gasteiger partial charge on any atom is 0.227 e. The molecule has 6 heteroatoms. The number of nitrogens with zero attached hydrogens (tertiary/aromatic N) is 1. The SMILES string of the molecule is COc1ccc(Br)cc1CC(=O)N1CCCC(N)C1.Cl. The summed E-state index contributed by atoms with van der Waals surface area (Å²) in [5, 5.41) is 0. The Morgan fingerprint density at radius 3 is 2.95 bits per heavy atom. The van der Waals surface area contributed by atoms with Gasteiger partial charge in [-0.15, -0.1) is 12.4 Å². The van der Waals surface area contributed by atoms with E-state index in [9.17, 15) is 4.79 Å². The van der Waals surface area contributed by atoms with Crippen molar-refractivity contribution in [3.05, 3.63) is 28.2 Å². The molecule has 0 saturated carbocycles. The van der Waals surface area contributed by atoms with Gasteiger partial charge in [0.15, 0.2) is 0 Å². The van der Waals surface area contributed by atoms with Gasteiger partial charge in [0.25, 0.3) is 0 Å². The molecule has 1 heterocycles. The molecular weight excluding hydrogens is 344 g/mol. The second kappa shape index (κ2) is 7.86. The van der Waals surface area contributed by atoms with Gasteiger partial charge in [0.1, 0.15) is 5.75 Å². The van der Waals surface area contributed by atoms with E-state index in [1.807, 2.05) is 23.1 Å². The van der Waals surface area contributed by atoms with Crippen molar-refractivity contribution in [1.29, 1.82) is 0 Å². The van der Waals surface area contributed by atoms with E-state index in [0.717, 1.165) is 35.2 Å². The van der Waals surface area contributed by atoms with Gasteiger partial charge in [0.2, 0.25) is 5.91 Å². The predicted molar refractivity (Wildman–Crippen MR) is 85.4 cm³/mol. The molecule has 1 aliphatic rings. The van der Waals surface area contributed by atoms with Crippen molar-refractivity contribution in [2.24, 2.45) is 5.73 Å². The Morgan fingerprint density at radius 2 is 2.30 bits per heavy atom. The van der Waals surface area contributed by atoms with Gasteiger partial charge in [0.05, 0.1) is 13.5 Å². The fourth-order valence-electron chi connectivity index (χ4n) is 2.40. The average molecular weight is 364 g/mol. The first-order valence-corrected chi connectivity index (χ1v) is 7.25. The molecule has 2 N–H and O–H groups in total. The highest BCUT2D eigenvalue weighted by Gasteiger charge is 2.22. The fraction of sp³-hybridized carbons (Fsp3) is 0.500. The van der Waals surface area contributed by atoms with E-state index in [1.54, 1.807) is 7.11 Å². The molecule has 4 nitrogen and oxygen atoms in total. The number of benzene rings is 1. The standard InChI is InChI=1S/C14H19BrN2O2.ClH/c1-19-13-5-4-11(15)7-10(13)8-14(18)17-6-2-3-12(16)9-17;/h4-5,7,12H,2-3,6,8-9,16H2,1H3;1H. The molecule has 1 fully saturated rings. The van der Waals surface area contributed by atoms with Crippen LogP contribution in [0.2, 0.25) is 0 Å². The van der Waals surface area contributed by atoms with Crippen LogP contribution in [0.3, 0.4) is 0 Å². The topological polar surface area (TPSA) is 55.6 Å². The summed E-state index contributed by atoms with van der Waals surface area (Å²) in [7, 11) is 1.62. The molecule has 1 saturated heterocycles. The summed E-state index contributed by atoms with van der Waals surface area (Å²) in [6.07, 6.45) is 2.35. The third-order valence-corrected chi connectivity index (χ3v) is 3.89. The third kappa shape index (κ3) is 4.36. The molecule has 1 aromatic carbocycles. The number of rotatable bonds is 3. The van der Waals surface area contributed by atoms with Gasteiger partial charge < -0.3 is 15.4 Å². The van der Waals surface area contributed by atoms with Crippen LogP contribution < -0.4 is 10.5 Å². The molecule has 1 aromatic rings. The highest BCUT2D eigenvalue weighted by molar-refractivity contribution is 9.10. The summed E-state index contributed by atoms with van der Waals surface area (Å²) in [5.41, 5.74) is 6.81. The number of halogens is 2. The summed E-state index contributed by atoms with van der Waals surface area (Å²) < 4.78 is 6.24. The Morgan fingerprint density at radius 1 is 1.55 bits per heavy atom. The van der Waals surface area contributed by atoms with Crippen molar-refractivity contribution in [2.45, 2.75) is 25.3 Å². The number of carbonyl (C=O) groups is 1. The van der Waals surface area contributed by atoms with Crippen LogP contribution in [-0.4, -0.2) is 37.0 Å². The largest absolute Gasteiger partial charge is 0.496 e. The molecule has 1 aliphatic heterocycles. The van der Waals surface area contributed by atoms with E-state index >= 15 is 0 Å². The number of nitrogens with two attached hydrogens (primary N) is 1. The zero-order valence-corrected chi connectivity index (χ0v) is 13.9. The molecule has 0 radical (unpaired) electrons. The van der Waals surface area contributed by atoms with Crippen molar-refractivity contribution in [3.63, 3.8) is 0 Å². The van der Waals surface area contributed by atoms with Crippen molar-refractivity contribution in [2.75, 3.05) is 20.2 Å². The molecule has 0 bridgehead atoms. The smallest absolute Gasteiger partial charge is 0.227 e. The second-order valence-corrected chi connectivity index (χ2v) is 5.79. The maximum absolute atomic E-state index is 12.3. The minimum Gasteiger partial charge on any atom is -0.496 e. The summed E-state index contributed by atoms with van der Waals surface area (Å²) >= 11 is 3.42. The lowest BCUT2D eigenvalue weighted by atomic mass is 10.0. The van der Waals surface area contributed by atoms with Crippen LogP contribution in [0.4, 0.5) is 0 Å². The minimum absolute atomic E-state index is 0. The van der Waals surface area contributed by atoms with Crippen LogP contribution in [0.25, 0.3) is 0 Å². The molecule has 20 heavy (non-hydrogen) atoms. The summed E-state index contributed by atoms with van der Waals surface area (Å²) in [6.45, 7) is 1.47. The number of hydrogen-bond acceptors (Lipinski definition) is 3. The first-order valence-electron chi connectivity index (χ1n) is 6.46. The number of methoxy groups -OCH3 is 1. The Labute approximate surface area is 134 Å². The molecule has 112 valence electrons. The Balaban J connectivity index is 0.00000200. The first kappa shape index (κ1) is 17.3. The maximum atomic E-state index is 12.3. The normalized spacial score (nSPS) is 18.4. The minimum atomic E-state index is 0. The average Bonchev–Trinajstić information content (AvgIpc) is 2.39. The lowest BCUT2D eigenvalue weighted by Crippen LogP contribution is -2.46. The molecule has 2 rings (SSSR count). The number of hydrogen-bond donors (Lipinski definition) is 1. The summed E-state index contributed by atoms with van der Waals surface area (Å²) in [4.78, 5) is 14.1. The monoisotopic (exact) mass is 362 g/mol. The Bertz CT molecular complexity index is 470. The Kier molecular flexibility index (Phi) is 6.79. The fourth-order valence-corrected chi connectivity index (χ4v) is 2.81. The van der Waals surface area contributed by atoms with Gasteiger partial charge in [-0.3, -0.25) is 4.79 Å². The molecule has 1 amide bonds. The van der Waals surface area contributed by atoms with Crippen LogP contribution in [0, 0.1) is 0 Å². The lowest BCUT2D eigenvalue weighted by molar-refractivity contribution is -0.131. The molecule has 1 atom stereocenters. The van der Waals surface area contributed by atoms with Crippen LogP contribution in [-0.2, 0) is 11.2 Å². The van der Waals surface area contributed by atoms with E-state index in [4.69, 9.17) is 10.5 Å². The van der Waals surface area contributed by atoms with Crippen LogP contribution in [0.5, 0.6) is 5.75 Å². The zero-order chi connectivity index (χ0) is 13.8. The van der Waals surface area contributed by atoms with Gasteiger partial charge in [-0.1, -0.05) is 15.9 Å². The molecular formula is C14H20BrClN2O2. The van der Waals surface area contributed by atoms with Gasteiger partial charge in [-0.25, -0.2) is 0 Å². The highest BCUT2D eigenvalue weighted by Crippen LogP contribution is 2.24. The number of amides is 1. The van der Waals surface area contributed by atoms with Crippen molar-refractivity contribution >= 4 is 34.2 Å². The molecule has 0 aromatic heterocycles. The van der Waals surface area contributed by atoms with Crippen molar-refractivity contribution < 1.29 is 9.53 Å². The van der Waals surface area contributed by atoms with Gasteiger partial charge in [0, 0.05) is 29.2 Å². The van der Waals surface area contributed by atoms with Crippen molar-refractivity contribution in [3.8, 4) is 5.75 Å². The van der Waals surface area contributed by atoms with E-state index in [0.29, 0.717) is 13.0 Å². The molecule has 0 spiro atoms. The number of likely N-dealkylation sites (tertiary alicyclic amines) is 1. The number of piperidine rings is 1. The van der Waals surface area contributed by atoms with Crippen molar-refractivity contribution in [1.82, 2.24) is 4.90 Å². The van der Waals surface area contributed by atoms with Gasteiger partial charge >= 0.3 is 0 Å². The van der Waals surface area contributed by atoms with E-state index in [1.165, 1.54) is 0 Å². The van der Waals surface area contributed by atoms with Gasteiger partial charge in [-0.2, -0.15) is 0 Å². The van der Waals surface area contributed by atoms with Gasteiger partial charge in [-0.05, 0) is 31.0 Å². The second-order valence-electron chi connectivity index (χ2n) is 4.88. The number of carbonyl (C=O) groups excluding carboxylic acids is 1. The van der Waals surface area contributed by atoms with E-state index < -0.39 is 0 Å². The molecule has 0 aliphatic carbocycles. The highest BCUT2D eigenvalue weighted by atomic mass is 79.9. The molecule has 1 unspecified atom stereocenters. The van der Waals surface area contributed by atoms with Crippen LogP contribution >= 0.6 is 28.3 Å². The van der Waals surface area contributed by atoms with E-state index in [2.05, 4.69) is 15.9 Å². The quantitative estimate of drug-likeness (QED) is 0.897. The third-order valence-electron chi connectivity index (χ3n) is 3.39. The summed E-state index contributed by atoms with van der Waals surface area (Å²) in [6, 6.07) is 5.82. The Hall–Kier alpha value is -0.780. The number of ether oxygens (including phenoxy) is 1. The lowest BCUT2D eigenvalue weighted by Gasteiger charge is -2.31. The summed E-state index contributed by atoms with van der Waals surface area (Å²) in [5.74, 6) is 0.865. The van der Waals surface area contributed by atoms with Crippen LogP contribution in [0.15, 0.2) is 22.7 Å².